The second-order valence-corrected chi connectivity index (χ2v) is 3.62. The highest BCUT2D eigenvalue weighted by molar-refractivity contribution is 5.79. The molecule has 1 N–H and O–H groups in total. The van der Waals surface area contributed by atoms with Crippen molar-refractivity contribution in [3.63, 3.8) is 0 Å². The third-order valence-electron chi connectivity index (χ3n) is 2.27. The number of carbonyl (C=O) groups is 3. The molecule has 18 heavy (non-hydrogen) atoms. The van der Waals surface area contributed by atoms with E-state index in [0.29, 0.717) is 26.1 Å². The maximum absolute atomic E-state index is 11.2. The molecule has 1 aliphatic rings. The zero-order valence-electron chi connectivity index (χ0n) is 10.2. The lowest BCUT2D eigenvalue weighted by Gasteiger charge is -2.12. The zero-order chi connectivity index (χ0) is 13.4. The van der Waals surface area contributed by atoms with Crippen molar-refractivity contribution >= 4 is 18.0 Å². The standard InChI is InChI=1S/C10H16N4O4/c1-2-18-10(17)13-12-8(15)4-3-6-14-7-5-11-9(14)16/h2-7H2,1H3,(H,11,16). The Balaban J connectivity index is 2.17. The summed E-state index contributed by atoms with van der Waals surface area (Å²) in [5, 5.41) is 8.98. The predicted octanol–water partition coefficient (Wildman–Crippen LogP) is 0.927. The summed E-state index contributed by atoms with van der Waals surface area (Å²) in [5.41, 5.74) is 0. The van der Waals surface area contributed by atoms with Gasteiger partial charge in [0.1, 0.15) is 0 Å². The minimum atomic E-state index is -0.871. The lowest BCUT2D eigenvalue weighted by atomic mass is 10.3. The van der Waals surface area contributed by atoms with Gasteiger partial charge in [0.2, 0.25) is 0 Å². The van der Waals surface area contributed by atoms with Gasteiger partial charge in [-0.25, -0.2) is 9.59 Å². The number of ether oxygens (including phenoxy) is 1. The number of hydrogen-bond donors (Lipinski definition) is 1. The van der Waals surface area contributed by atoms with Gasteiger partial charge in [0.05, 0.1) is 6.61 Å². The van der Waals surface area contributed by atoms with Crippen molar-refractivity contribution in [3.05, 3.63) is 0 Å². The molecule has 8 nitrogen and oxygen atoms in total. The first-order valence-electron chi connectivity index (χ1n) is 5.77. The minimum Gasteiger partial charge on any atom is -0.447 e. The summed E-state index contributed by atoms with van der Waals surface area (Å²) in [7, 11) is 0. The van der Waals surface area contributed by atoms with E-state index in [2.05, 4.69) is 20.3 Å². The van der Waals surface area contributed by atoms with E-state index in [1.165, 1.54) is 0 Å². The Morgan fingerprint density at radius 1 is 1.44 bits per heavy atom. The summed E-state index contributed by atoms with van der Waals surface area (Å²) in [5.74, 6) is -0.498. The Labute approximate surface area is 104 Å². The van der Waals surface area contributed by atoms with Gasteiger partial charge in [0.25, 0.3) is 5.91 Å². The maximum Gasteiger partial charge on any atom is 0.452 e. The minimum absolute atomic E-state index is 0.115. The molecule has 1 aliphatic heterocycles. The molecule has 0 spiro atoms. The summed E-state index contributed by atoms with van der Waals surface area (Å²) in [6.45, 7) is 3.60. The van der Waals surface area contributed by atoms with Gasteiger partial charge < -0.3 is 15.0 Å². The maximum atomic E-state index is 11.2. The second kappa shape index (κ2) is 7.36. The molecule has 0 bridgehead atoms. The Hall–Kier alpha value is -1.99. The van der Waals surface area contributed by atoms with Crippen LogP contribution in [0.3, 0.4) is 0 Å². The molecule has 4 amide bonds. The number of carbonyl (C=O) groups excluding carboxylic acids is 3. The molecule has 1 rings (SSSR count). The van der Waals surface area contributed by atoms with Gasteiger partial charge in [-0.2, -0.15) is 0 Å². The van der Waals surface area contributed by atoms with E-state index in [9.17, 15) is 14.4 Å². The van der Waals surface area contributed by atoms with Crippen LogP contribution in [-0.4, -0.2) is 49.2 Å². The molecule has 0 aliphatic carbocycles. The van der Waals surface area contributed by atoms with Crippen molar-refractivity contribution in [1.29, 1.82) is 0 Å². The van der Waals surface area contributed by atoms with Crippen LogP contribution in [0, 0.1) is 0 Å². The summed E-state index contributed by atoms with van der Waals surface area (Å²) >= 11 is 0. The molecule has 1 fully saturated rings. The van der Waals surface area contributed by atoms with Crippen LogP contribution in [0.2, 0.25) is 0 Å². The number of urea groups is 1. The highest BCUT2D eigenvalue weighted by Gasteiger charge is 2.18. The number of nitrogens with zero attached hydrogens (tertiary/aromatic N) is 3. The topological polar surface area (TPSA) is 100 Å². The number of rotatable bonds is 5. The third kappa shape index (κ3) is 4.89. The Morgan fingerprint density at radius 2 is 2.22 bits per heavy atom. The van der Waals surface area contributed by atoms with Crippen molar-refractivity contribution in [2.75, 3.05) is 26.2 Å². The van der Waals surface area contributed by atoms with Crippen molar-refractivity contribution in [3.8, 4) is 0 Å². The van der Waals surface area contributed by atoms with Crippen LogP contribution in [0.5, 0.6) is 0 Å². The SMILES string of the molecule is CCOC(=O)N=NC(=O)CCCN1CCNC1=O. The smallest absolute Gasteiger partial charge is 0.447 e. The van der Waals surface area contributed by atoms with Gasteiger partial charge in [-0.3, -0.25) is 4.79 Å². The van der Waals surface area contributed by atoms with Gasteiger partial charge in [0.15, 0.2) is 0 Å². The fraction of sp³-hybridized carbons (Fsp3) is 0.700. The molecule has 0 radical (unpaired) electrons. The molecule has 0 saturated carbocycles. The first-order valence-corrected chi connectivity index (χ1v) is 5.77. The van der Waals surface area contributed by atoms with E-state index in [4.69, 9.17) is 0 Å². The van der Waals surface area contributed by atoms with Crippen LogP contribution in [0.25, 0.3) is 0 Å². The normalized spacial score (nSPS) is 14.9. The summed E-state index contributed by atoms with van der Waals surface area (Å²) in [6.07, 6.45) is -0.231. The van der Waals surface area contributed by atoms with Gasteiger partial charge in [-0.1, -0.05) is 5.11 Å². The van der Waals surface area contributed by atoms with Gasteiger partial charge in [-0.15, -0.1) is 5.11 Å². The highest BCUT2D eigenvalue weighted by atomic mass is 16.5. The van der Waals surface area contributed by atoms with E-state index >= 15 is 0 Å². The number of amides is 4. The summed E-state index contributed by atoms with van der Waals surface area (Å²) in [4.78, 5) is 34.8. The molecule has 0 aromatic rings. The third-order valence-corrected chi connectivity index (χ3v) is 2.27. The molecule has 1 heterocycles. The molecule has 8 heteroatoms. The largest absolute Gasteiger partial charge is 0.452 e. The molecular weight excluding hydrogens is 240 g/mol. The van der Waals surface area contributed by atoms with Crippen LogP contribution in [-0.2, 0) is 9.53 Å². The molecule has 0 atom stereocenters. The number of nitrogens with one attached hydrogen (secondary N) is 1. The Bertz CT molecular complexity index is 356. The second-order valence-electron chi connectivity index (χ2n) is 3.62. The van der Waals surface area contributed by atoms with E-state index in [1.54, 1.807) is 11.8 Å². The molecule has 0 aromatic heterocycles. The van der Waals surface area contributed by atoms with Gasteiger partial charge >= 0.3 is 12.1 Å². The van der Waals surface area contributed by atoms with Gasteiger partial charge in [-0.05, 0) is 13.3 Å². The average molecular weight is 256 g/mol. The predicted molar refractivity (Wildman–Crippen MR) is 61.1 cm³/mol. The molecule has 100 valence electrons. The first-order chi connectivity index (χ1) is 8.63. The van der Waals surface area contributed by atoms with Crippen LogP contribution in [0.15, 0.2) is 10.2 Å². The first kappa shape index (κ1) is 14.1. The quantitative estimate of drug-likeness (QED) is 0.739. The fourth-order valence-corrected chi connectivity index (χ4v) is 1.44. The average Bonchev–Trinajstić information content (AvgIpc) is 2.73. The molecule has 0 unspecified atom stereocenters. The fourth-order valence-electron chi connectivity index (χ4n) is 1.44. The van der Waals surface area contributed by atoms with Crippen molar-refractivity contribution in [1.82, 2.24) is 10.2 Å². The highest BCUT2D eigenvalue weighted by Crippen LogP contribution is 2.01. The lowest BCUT2D eigenvalue weighted by Crippen LogP contribution is -2.29. The Morgan fingerprint density at radius 3 is 2.83 bits per heavy atom. The van der Waals surface area contributed by atoms with Crippen molar-refractivity contribution < 1.29 is 19.1 Å². The van der Waals surface area contributed by atoms with Crippen LogP contribution in [0.1, 0.15) is 19.8 Å². The van der Waals surface area contributed by atoms with Gasteiger partial charge in [0, 0.05) is 26.1 Å². The van der Waals surface area contributed by atoms with E-state index in [-0.39, 0.29) is 19.1 Å². The number of azo groups is 1. The van der Waals surface area contributed by atoms with E-state index in [1.807, 2.05) is 0 Å². The summed E-state index contributed by atoms with van der Waals surface area (Å²) in [6, 6.07) is -0.115. The Kier molecular flexibility index (Phi) is 5.75. The summed E-state index contributed by atoms with van der Waals surface area (Å²) < 4.78 is 4.48. The lowest BCUT2D eigenvalue weighted by molar-refractivity contribution is -0.118. The zero-order valence-corrected chi connectivity index (χ0v) is 10.2. The monoisotopic (exact) mass is 256 g/mol. The molecule has 0 aromatic carbocycles. The van der Waals surface area contributed by atoms with Crippen LogP contribution in [0.4, 0.5) is 9.59 Å². The van der Waals surface area contributed by atoms with E-state index in [0.717, 1.165) is 0 Å². The van der Waals surface area contributed by atoms with Crippen LogP contribution < -0.4 is 5.32 Å². The number of hydrogen-bond acceptors (Lipinski definition) is 4. The van der Waals surface area contributed by atoms with Crippen molar-refractivity contribution in [2.45, 2.75) is 19.8 Å². The molecule has 1 saturated heterocycles. The van der Waals surface area contributed by atoms with Crippen LogP contribution >= 0.6 is 0 Å². The van der Waals surface area contributed by atoms with E-state index < -0.39 is 12.0 Å². The van der Waals surface area contributed by atoms with Crippen molar-refractivity contribution in [2.24, 2.45) is 10.2 Å². The molecular formula is C10H16N4O4.